The highest BCUT2D eigenvalue weighted by Crippen LogP contribution is 2.19. The molecule has 0 bridgehead atoms. The van der Waals surface area contributed by atoms with Crippen LogP contribution < -0.4 is 10.5 Å². The van der Waals surface area contributed by atoms with Gasteiger partial charge in [-0.3, -0.25) is 4.79 Å². The molecule has 2 N–H and O–H groups in total. The van der Waals surface area contributed by atoms with Crippen molar-refractivity contribution in [1.82, 2.24) is 4.90 Å². The molecule has 5 heteroatoms. The van der Waals surface area contributed by atoms with Crippen LogP contribution in [0.5, 0.6) is 5.75 Å². The summed E-state index contributed by atoms with van der Waals surface area (Å²) in [5.74, 6) is -0.214. The molecule has 2 atom stereocenters. The SMILES string of the molecule is CC(N)Cc1cc(F)cc(OC(C)C(=O)N(C)C)c1. The van der Waals surface area contributed by atoms with Crippen molar-refractivity contribution >= 4 is 5.91 Å². The summed E-state index contributed by atoms with van der Waals surface area (Å²) in [4.78, 5) is 13.1. The van der Waals surface area contributed by atoms with E-state index < -0.39 is 11.9 Å². The minimum atomic E-state index is -0.653. The first-order valence-electron chi connectivity index (χ1n) is 6.22. The maximum Gasteiger partial charge on any atom is 0.262 e. The maximum absolute atomic E-state index is 13.5. The monoisotopic (exact) mass is 268 g/mol. The van der Waals surface area contributed by atoms with Gasteiger partial charge in [0.1, 0.15) is 11.6 Å². The molecule has 0 aliphatic carbocycles. The van der Waals surface area contributed by atoms with Crippen LogP contribution in [0.2, 0.25) is 0 Å². The number of halogens is 1. The highest BCUT2D eigenvalue weighted by atomic mass is 19.1. The first-order valence-corrected chi connectivity index (χ1v) is 6.22. The molecule has 0 aliphatic heterocycles. The molecule has 19 heavy (non-hydrogen) atoms. The van der Waals surface area contributed by atoms with Crippen molar-refractivity contribution in [3.05, 3.63) is 29.6 Å². The molecule has 1 rings (SSSR count). The lowest BCUT2D eigenvalue weighted by Crippen LogP contribution is -2.35. The Labute approximate surface area is 113 Å². The van der Waals surface area contributed by atoms with Gasteiger partial charge < -0.3 is 15.4 Å². The third-order valence-electron chi connectivity index (χ3n) is 2.59. The smallest absolute Gasteiger partial charge is 0.262 e. The topological polar surface area (TPSA) is 55.6 Å². The van der Waals surface area contributed by atoms with Crippen molar-refractivity contribution in [2.75, 3.05) is 14.1 Å². The van der Waals surface area contributed by atoms with Gasteiger partial charge in [-0.05, 0) is 38.0 Å². The fourth-order valence-corrected chi connectivity index (χ4v) is 1.80. The van der Waals surface area contributed by atoms with E-state index in [1.807, 2.05) is 6.92 Å². The summed E-state index contributed by atoms with van der Waals surface area (Å²) in [5.41, 5.74) is 6.45. The van der Waals surface area contributed by atoms with Crippen molar-refractivity contribution in [2.24, 2.45) is 5.73 Å². The highest BCUT2D eigenvalue weighted by Gasteiger charge is 2.17. The molecular formula is C14H21FN2O2. The predicted octanol–water partition coefficient (Wildman–Crippen LogP) is 1.57. The Morgan fingerprint density at radius 3 is 2.53 bits per heavy atom. The number of carbonyl (C=O) groups is 1. The predicted molar refractivity (Wildman–Crippen MR) is 72.5 cm³/mol. The Hall–Kier alpha value is -1.62. The number of nitrogens with two attached hydrogens (primary N) is 1. The summed E-state index contributed by atoms with van der Waals surface area (Å²) in [7, 11) is 3.30. The summed E-state index contributed by atoms with van der Waals surface area (Å²) in [6, 6.07) is 4.35. The molecule has 106 valence electrons. The first-order chi connectivity index (χ1) is 8.79. The lowest BCUT2D eigenvalue weighted by atomic mass is 10.1. The Balaban J connectivity index is 2.83. The van der Waals surface area contributed by atoms with Crippen molar-refractivity contribution in [3.8, 4) is 5.75 Å². The van der Waals surface area contributed by atoms with Crippen LogP contribution in [-0.2, 0) is 11.2 Å². The Morgan fingerprint density at radius 1 is 1.37 bits per heavy atom. The average molecular weight is 268 g/mol. The van der Waals surface area contributed by atoms with Crippen LogP contribution in [-0.4, -0.2) is 37.0 Å². The van der Waals surface area contributed by atoms with Gasteiger partial charge in [0.15, 0.2) is 6.10 Å². The summed E-state index contributed by atoms with van der Waals surface area (Å²) < 4.78 is 18.9. The van der Waals surface area contributed by atoms with Gasteiger partial charge in [0, 0.05) is 26.2 Å². The first kappa shape index (κ1) is 15.4. The summed E-state index contributed by atoms with van der Waals surface area (Å²) in [5, 5.41) is 0. The fourth-order valence-electron chi connectivity index (χ4n) is 1.80. The van der Waals surface area contributed by atoms with Gasteiger partial charge in [-0.15, -0.1) is 0 Å². The molecule has 0 aromatic heterocycles. The van der Waals surface area contributed by atoms with E-state index in [9.17, 15) is 9.18 Å². The average Bonchev–Trinajstić information content (AvgIpc) is 2.25. The summed E-state index contributed by atoms with van der Waals surface area (Å²) in [6.07, 6.45) is -0.0932. The second-order valence-corrected chi connectivity index (χ2v) is 4.97. The molecule has 0 fully saturated rings. The second-order valence-electron chi connectivity index (χ2n) is 4.97. The normalized spacial score (nSPS) is 13.8. The zero-order chi connectivity index (χ0) is 14.6. The molecule has 0 saturated carbocycles. The van der Waals surface area contributed by atoms with Crippen molar-refractivity contribution < 1.29 is 13.9 Å². The van der Waals surface area contributed by atoms with E-state index in [0.717, 1.165) is 5.56 Å². The Bertz CT molecular complexity index is 447. The lowest BCUT2D eigenvalue weighted by Gasteiger charge is -2.19. The standard InChI is InChI=1S/C14H21FN2O2/c1-9(16)5-11-6-12(15)8-13(7-11)19-10(2)14(18)17(3)4/h6-10H,5,16H2,1-4H3. The molecule has 1 amide bonds. The number of hydrogen-bond acceptors (Lipinski definition) is 3. The third kappa shape index (κ3) is 4.87. The van der Waals surface area contributed by atoms with E-state index in [-0.39, 0.29) is 11.9 Å². The number of likely N-dealkylation sites (N-methyl/N-ethyl adjacent to an activating group) is 1. The van der Waals surface area contributed by atoms with Crippen LogP contribution in [0.15, 0.2) is 18.2 Å². The molecule has 1 aromatic rings. The van der Waals surface area contributed by atoms with Crippen molar-refractivity contribution in [1.29, 1.82) is 0 Å². The molecular weight excluding hydrogens is 247 g/mol. The van der Waals surface area contributed by atoms with Crippen LogP contribution in [0.4, 0.5) is 4.39 Å². The summed E-state index contributed by atoms with van der Waals surface area (Å²) >= 11 is 0. The van der Waals surface area contributed by atoms with E-state index in [2.05, 4.69) is 0 Å². The van der Waals surface area contributed by atoms with Gasteiger partial charge in [0.25, 0.3) is 5.91 Å². The zero-order valence-corrected chi connectivity index (χ0v) is 11.8. The van der Waals surface area contributed by atoms with E-state index in [1.54, 1.807) is 27.1 Å². The Morgan fingerprint density at radius 2 is 2.00 bits per heavy atom. The molecule has 0 heterocycles. The van der Waals surface area contributed by atoms with Crippen LogP contribution >= 0.6 is 0 Å². The van der Waals surface area contributed by atoms with Gasteiger partial charge in [-0.25, -0.2) is 4.39 Å². The molecule has 1 aromatic carbocycles. The van der Waals surface area contributed by atoms with E-state index >= 15 is 0 Å². The molecule has 2 unspecified atom stereocenters. The molecule has 0 aliphatic rings. The number of benzene rings is 1. The van der Waals surface area contributed by atoms with Crippen LogP contribution in [0.1, 0.15) is 19.4 Å². The minimum absolute atomic E-state index is 0.0597. The molecule has 0 spiro atoms. The highest BCUT2D eigenvalue weighted by molar-refractivity contribution is 5.80. The van der Waals surface area contributed by atoms with Gasteiger partial charge in [0.2, 0.25) is 0 Å². The number of rotatable bonds is 5. The van der Waals surface area contributed by atoms with Gasteiger partial charge in [-0.1, -0.05) is 0 Å². The zero-order valence-electron chi connectivity index (χ0n) is 11.8. The van der Waals surface area contributed by atoms with Crippen molar-refractivity contribution in [3.63, 3.8) is 0 Å². The fraction of sp³-hybridized carbons (Fsp3) is 0.500. The Kier molecular flexibility index (Phi) is 5.30. The second kappa shape index (κ2) is 6.52. The lowest BCUT2D eigenvalue weighted by molar-refractivity contribution is -0.135. The van der Waals surface area contributed by atoms with E-state index in [0.29, 0.717) is 12.2 Å². The maximum atomic E-state index is 13.5. The van der Waals surface area contributed by atoms with Gasteiger partial charge >= 0.3 is 0 Å². The van der Waals surface area contributed by atoms with E-state index in [4.69, 9.17) is 10.5 Å². The molecule has 4 nitrogen and oxygen atoms in total. The number of carbonyl (C=O) groups excluding carboxylic acids is 1. The number of ether oxygens (including phenoxy) is 1. The van der Waals surface area contributed by atoms with Gasteiger partial charge in [-0.2, -0.15) is 0 Å². The quantitative estimate of drug-likeness (QED) is 0.882. The molecule has 0 radical (unpaired) electrons. The third-order valence-corrected chi connectivity index (χ3v) is 2.59. The molecule has 0 saturated heterocycles. The van der Waals surface area contributed by atoms with Gasteiger partial charge in [0.05, 0.1) is 0 Å². The number of amides is 1. The van der Waals surface area contributed by atoms with E-state index in [1.165, 1.54) is 17.0 Å². The number of nitrogens with zero attached hydrogens (tertiary/aromatic N) is 1. The number of hydrogen-bond donors (Lipinski definition) is 1. The summed E-state index contributed by atoms with van der Waals surface area (Å²) in [6.45, 7) is 3.49. The largest absolute Gasteiger partial charge is 0.481 e. The van der Waals surface area contributed by atoms with Crippen LogP contribution in [0, 0.1) is 5.82 Å². The van der Waals surface area contributed by atoms with Crippen LogP contribution in [0.3, 0.4) is 0 Å². The minimum Gasteiger partial charge on any atom is -0.481 e. The van der Waals surface area contributed by atoms with Crippen LogP contribution in [0.25, 0.3) is 0 Å². The van der Waals surface area contributed by atoms with Crippen molar-refractivity contribution in [2.45, 2.75) is 32.4 Å².